The first-order chi connectivity index (χ1) is 17.8. The summed E-state index contributed by atoms with van der Waals surface area (Å²) in [5.41, 5.74) is 3.50. The number of ether oxygens (including phenoxy) is 1. The van der Waals surface area contributed by atoms with Crippen LogP contribution in [0.5, 0.6) is 5.88 Å². The van der Waals surface area contributed by atoms with Crippen LogP contribution in [-0.2, 0) is 18.1 Å². The van der Waals surface area contributed by atoms with Gasteiger partial charge in [-0.3, -0.25) is 9.88 Å². The van der Waals surface area contributed by atoms with E-state index in [1.54, 1.807) is 18.3 Å². The van der Waals surface area contributed by atoms with Crippen molar-refractivity contribution in [1.82, 2.24) is 14.9 Å². The molecule has 2 aliphatic heterocycles. The van der Waals surface area contributed by atoms with Crippen molar-refractivity contribution in [1.29, 1.82) is 0 Å². The number of fused-ring (bicyclic) bond motifs is 2. The number of rotatable bonds is 5. The molecule has 37 heavy (non-hydrogen) atoms. The molecule has 2 atom stereocenters. The highest BCUT2D eigenvalue weighted by molar-refractivity contribution is 5.65. The maximum atomic E-state index is 13.8. The zero-order valence-electron chi connectivity index (χ0n) is 21.6. The molecule has 8 heteroatoms. The van der Waals surface area contributed by atoms with E-state index in [0.717, 1.165) is 42.9 Å². The number of nitrogens with zero attached hydrogens (tertiary/aromatic N) is 4. The van der Waals surface area contributed by atoms with Crippen molar-refractivity contribution in [3.05, 3.63) is 71.5 Å². The van der Waals surface area contributed by atoms with Gasteiger partial charge >= 0.3 is 6.18 Å². The Kier molecular flexibility index (Phi) is 6.88. The fraction of sp³-hybridized carbons (Fsp3) is 0.448. The number of likely N-dealkylation sites (N-methyl/N-ethyl adjacent to an activating group) is 1. The number of para-hydroxylation sites is 1. The van der Waals surface area contributed by atoms with Crippen molar-refractivity contribution in [2.45, 2.75) is 44.8 Å². The molecule has 3 aromatic rings. The smallest absolute Gasteiger partial charge is 0.418 e. The van der Waals surface area contributed by atoms with E-state index in [9.17, 15) is 13.2 Å². The number of benzene rings is 1. The third kappa shape index (κ3) is 4.67. The van der Waals surface area contributed by atoms with Crippen molar-refractivity contribution >= 4 is 5.69 Å². The zero-order valence-corrected chi connectivity index (χ0v) is 21.6. The summed E-state index contributed by atoms with van der Waals surface area (Å²) in [4.78, 5) is 13.7. The average Bonchev–Trinajstić information content (AvgIpc) is 2.88. The van der Waals surface area contributed by atoms with Gasteiger partial charge in [-0.15, -0.1) is 0 Å². The number of alkyl halides is 3. The molecule has 1 saturated heterocycles. The molecule has 1 fully saturated rings. The first-order valence-electron chi connectivity index (χ1n) is 12.9. The normalized spacial score (nSPS) is 22.2. The number of aromatic nitrogens is 2. The summed E-state index contributed by atoms with van der Waals surface area (Å²) in [6.07, 6.45) is -1.02. The molecule has 0 radical (unpaired) electrons. The molecular formula is C29H33F3N4O. The van der Waals surface area contributed by atoms with Crippen LogP contribution in [0.4, 0.5) is 18.9 Å². The van der Waals surface area contributed by atoms with Crippen LogP contribution in [0.2, 0.25) is 0 Å². The van der Waals surface area contributed by atoms with Gasteiger partial charge in [-0.1, -0.05) is 31.5 Å². The molecule has 1 aromatic carbocycles. The highest BCUT2D eigenvalue weighted by Crippen LogP contribution is 2.48. The van der Waals surface area contributed by atoms with Crippen LogP contribution < -0.4 is 9.64 Å². The second-order valence-corrected chi connectivity index (χ2v) is 10.1. The van der Waals surface area contributed by atoms with Crippen LogP contribution >= 0.6 is 0 Å². The minimum absolute atomic E-state index is 0.163. The Morgan fingerprint density at radius 1 is 1.08 bits per heavy atom. The van der Waals surface area contributed by atoms with Gasteiger partial charge in [0, 0.05) is 43.5 Å². The van der Waals surface area contributed by atoms with Crippen molar-refractivity contribution in [2.24, 2.45) is 5.92 Å². The largest absolute Gasteiger partial charge is 0.477 e. The van der Waals surface area contributed by atoms with E-state index in [2.05, 4.69) is 29.9 Å². The molecule has 2 aromatic heterocycles. The molecule has 1 spiro atoms. The number of halogens is 3. The van der Waals surface area contributed by atoms with Crippen LogP contribution in [-0.4, -0.2) is 48.2 Å². The molecule has 5 nitrogen and oxygen atoms in total. The van der Waals surface area contributed by atoms with Crippen molar-refractivity contribution in [2.75, 3.05) is 38.2 Å². The van der Waals surface area contributed by atoms with Gasteiger partial charge in [-0.05, 0) is 62.2 Å². The van der Waals surface area contributed by atoms with Crippen LogP contribution in [0.15, 0.2) is 54.7 Å². The van der Waals surface area contributed by atoms with E-state index in [4.69, 9.17) is 9.72 Å². The van der Waals surface area contributed by atoms with Crippen LogP contribution in [0, 0.1) is 5.92 Å². The lowest BCUT2D eigenvalue weighted by atomic mass is 9.62. The van der Waals surface area contributed by atoms with E-state index in [1.165, 1.54) is 17.7 Å². The van der Waals surface area contributed by atoms with Gasteiger partial charge in [-0.25, -0.2) is 4.98 Å². The Hall–Kier alpha value is -3.13. The van der Waals surface area contributed by atoms with E-state index in [1.807, 2.05) is 30.0 Å². The fourth-order valence-electron chi connectivity index (χ4n) is 6.30. The molecular weight excluding hydrogens is 477 g/mol. The zero-order chi connectivity index (χ0) is 26.2. The van der Waals surface area contributed by atoms with Crippen LogP contribution in [0.3, 0.4) is 0 Å². The molecule has 5 rings (SSSR count). The van der Waals surface area contributed by atoms with Gasteiger partial charge < -0.3 is 9.64 Å². The van der Waals surface area contributed by atoms with E-state index >= 15 is 0 Å². The molecule has 2 unspecified atom stereocenters. The minimum atomic E-state index is -4.38. The Morgan fingerprint density at radius 2 is 1.89 bits per heavy atom. The molecule has 2 aliphatic rings. The Bertz CT molecular complexity index is 1260. The summed E-state index contributed by atoms with van der Waals surface area (Å²) in [5, 5.41) is 0. The molecule has 0 N–H and O–H groups in total. The quantitative estimate of drug-likeness (QED) is 0.410. The highest BCUT2D eigenvalue weighted by atomic mass is 19.4. The number of hydrogen-bond acceptors (Lipinski definition) is 5. The monoisotopic (exact) mass is 510 g/mol. The van der Waals surface area contributed by atoms with Gasteiger partial charge in [-0.2, -0.15) is 13.2 Å². The Labute approximate surface area is 216 Å². The number of piperidine rings is 1. The molecule has 0 saturated carbocycles. The number of anilines is 1. The second-order valence-electron chi connectivity index (χ2n) is 10.1. The van der Waals surface area contributed by atoms with Gasteiger partial charge in [0.25, 0.3) is 0 Å². The highest BCUT2D eigenvalue weighted by Gasteiger charge is 2.48. The SMILES string of the molecule is CCOc1ncccc1-c1ccc2c(n1)CN(C)CC21CCN(c2ccccc2C(F)(F)F)CC1CC. The Balaban J connectivity index is 1.51. The first kappa shape index (κ1) is 25.5. The fourth-order valence-corrected chi connectivity index (χ4v) is 6.30. The van der Waals surface area contributed by atoms with E-state index < -0.39 is 11.7 Å². The number of pyridine rings is 2. The third-order valence-corrected chi connectivity index (χ3v) is 7.90. The molecule has 0 amide bonds. The summed E-state index contributed by atoms with van der Waals surface area (Å²) in [5.74, 6) is 0.758. The van der Waals surface area contributed by atoms with Crippen LogP contribution in [0.25, 0.3) is 11.3 Å². The average molecular weight is 511 g/mol. The van der Waals surface area contributed by atoms with E-state index in [-0.39, 0.29) is 17.0 Å². The molecule has 196 valence electrons. The maximum absolute atomic E-state index is 13.8. The summed E-state index contributed by atoms with van der Waals surface area (Å²) < 4.78 is 47.1. The number of hydrogen-bond donors (Lipinski definition) is 0. The lowest BCUT2D eigenvalue weighted by Gasteiger charge is -2.53. The minimum Gasteiger partial charge on any atom is -0.477 e. The topological polar surface area (TPSA) is 41.5 Å². The molecule has 0 bridgehead atoms. The lowest BCUT2D eigenvalue weighted by molar-refractivity contribution is -0.137. The standard InChI is InChI=1S/C29H33F3N4O/c1-4-20-17-36(26-11-7-6-10-23(26)29(30,31)32)16-14-28(20)19-35(3)18-25-22(28)12-13-24(34-25)21-9-8-15-33-27(21)37-5-2/h6-13,15,20H,4-5,14,16-19H2,1-3H3. The van der Waals surface area contributed by atoms with Gasteiger partial charge in [0.2, 0.25) is 5.88 Å². The van der Waals surface area contributed by atoms with Crippen molar-refractivity contribution in [3.8, 4) is 17.1 Å². The maximum Gasteiger partial charge on any atom is 0.418 e. The van der Waals surface area contributed by atoms with Crippen molar-refractivity contribution < 1.29 is 17.9 Å². The van der Waals surface area contributed by atoms with Gasteiger partial charge in [0.1, 0.15) is 0 Å². The predicted molar refractivity (Wildman–Crippen MR) is 139 cm³/mol. The van der Waals surface area contributed by atoms with Crippen molar-refractivity contribution in [3.63, 3.8) is 0 Å². The lowest BCUT2D eigenvalue weighted by Crippen LogP contribution is -2.57. The van der Waals surface area contributed by atoms with E-state index in [0.29, 0.717) is 25.6 Å². The van der Waals surface area contributed by atoms with Gasteiger partial charge in [0.05, 0.1) is 29.1 Å². The Morgan fingerprint density at radius 3 is 2.65 bits per heavy atom. The summed E-state index contributed by atoms with van der Waals surface area (Å²) >= 11 is 0. The first-order valence-corrected chi connectivity index (χ1v) is 12.9. The summed E-state index contributed by atoms with van der Waals surface area (Å²) in [7, 11) is 2.10. The summed E-state index contributed by atoms with van der Waals surface area (Å²) in [6, 6.07) is 14.0. The third-order valence-electron chi connectivity index (χ3n) is 7.90. The second kappa shape index (κ2) is 9.97. The molecule has 4 heterocycles. The van der Waals surface area contributed by atoms with Gasteiger partial charge in [0.15, 0.2) is 0 Å². The predicted octanol–water partition coefficient (Wildman–Crippen LogP) is 6.18. The van der Waals surface area contributed by atoms with Crippen LogP contribution in [0.1, 0.15) is 43.5 Å². The molecule has 0 aliphatic carbocycles. The summed E-state index contributed by atoms with van der Waals surface area (Å²) in [6.45, 7) is 7.34.